The molecule has 3 atom stereocenters. The number of nitrogens with one attached hydrogen (secondary N) is 2. The quantitative estimate of drug-likeness (QED) is 0.140. The number of ether oxygens (including phenoxy) is 3. The molecule has 0 saturated heterocycles. The summed E-state index contributed by atoms with van der Waals surface area (Å²) in [6.45, 7) is 2.09. The predicted molar refractivity (Wildman–Crippen MR) is 117 cm³/mol. The molecular formula is C22H25AsN4O4. The summed E-state index contributed by atoms with van der Waals surface area (Å²) in [7, 11) is 2.98. The van der Waals surface area contributed by atoms with Gasteiger partial charge in [-0.2, -0.15) is 0 Å². The Labute approximate surface area is 190 Å². The average Bonchev–Trinajstić information content (AvgIpc) is 2.77. The van der Waals surface area contributed by atoms with Crippen LogP contribution in [0, 0.1) is 11.5 Å². The van der Waals surface area contributed by atoms with Gasteiger partial charge in [-0.25, -0.2) is 0 Å². The van der Waals surface area contributed by atoms with E-state index in [-0.39, 0.29) is 5.96 Å². The Morgan fingerprint density at radius 2 is 2.00 bits per heavy atom. The average molecular weight is 484 g/mol. The van der Waals surface area contributed by atoms with Crippen LogP contribution in [0.2, 0.25) is 0 Å². The molecule has 2 radical (unpaired) electrons. The second-order valence-electron chi connectivity index (χ2n) is 7.27. The molecule has 0 saturated carbocycles. The van der Waals surface area contributed by atoms with Gasteiger partial charge in [-0.3, -0.25) is 0 Å². The molecule has 0 aromatic heterocycles. The second kappa shape index (κ2) is 10.2. The molecule has 0 spiro atoms. The number of hydrogen-bond donors (Lipinski definition) is 3. The van der Waals surface area contributed by atoms with Gasteiger partial charge in [-0.1, -0.05) is 0 Å². The van der Waals surface area contributed by atoms with Gasteiger partial charge in [0.15, 0.2) is 0 Å². The maximum atomic E-state index is 11.3. The Hall–Kier alpha value is -2.56. The SMILES string of the molecule is COC(OC)[C@@]1(C)Oc2ccc([As])cc2[C@@H](NC(=NCc2ccccc2)NC#N)[C@@H]1O. The van der Waals surface area contributed by atoms with Gasteiger partial charge in [0.1, 0.15) is 0 Å². The van der Waals surface area contributed by atoms with Crippen LogP contribution in [0.25, 0.3) is 0 Å². The van der Waals surface area contributed by atoms with E-state index in [9.17, 15) is 10.4 Å². The molecule has 8 nitrogen and oxygen atoms in total. The van der Waals surface area contributed by atoms with Gasteiger partial charge in [0.05, 0.1) is 0 Å². The molecule has 162 valence electrons. The first-order valence-electron chi connectivity index (χ1n) is 9.68. The van der Waals surface area contributed by atoms with Crippen LogP contribution >= 0.6 is 0 Å². The first kappa shape index (κ1) is 23.1. The number of benzene rings is 2. The fraction of sp³-hybridized carbons (Fsp3) is 0.364. The third kappa shape index (κ3) is 5.03. The summed E-state index contributed by atoms with van der Waals surface area (Å²) >= 11 is 2.46. The molecule has 0 amide bonds. The second-order valence-corrected chi connectivity index (χ2v) is 8.35. The molecule has 3 rings (SSSR count). The molecule has 9 heteroatoms. The summed E-state index contributed by atoms with van der Waals surface area (Å²) in [6, 6.07) is 14.7. The van der Waals surface area contributed by atoms with Crippen LogP contribution in [-0.2, 0) is 16.0 Å². The van der Waals surface area contributed by atoms with E-state index in [1.807, 2.05) is 54.7 Å². The number of nitrogens with zero attached hydrogens (tertiary/aromatic N) is 2. The molecule has 0 bridgehead atoms. The molecule has 0 unspecified atom stereocenters. The minimum absolute atomic E-state index is 0.244. The van der Waals surface area contributed by atoms with E-state index in [0.29, 0.717) is 12.3 Å². The van der Waals surface area contributed by atoms with Crippen molar-refractivity contribution >= 4 is 27.2 Å². The van der Waals surface area contributed by atoms with E-state index in [4.69, 9.17) is 14.2 Å². The molecule has 31 heavy (non-hydrogen) atoms. The Bertz CT molecular complexity index is 962. The molecular weight excluding hydrogens is 459 g/mol. The van der Waals surface area contributed by atoms with E-state index in [1.54, 1.807) is 6.92 Å². The summed E-state index contributed by atoms with van der Waals surface area (Å²) in [5.41, 5.74) is 0.516. The van der Waals surface area contributed by atoms with Crippen molar-refractivity contribution in [1.82, 2.24) is 10.6 Å². The summed E-state index contributed by atoms with van der Waals surface area (Å²) in [5.74, 6) is 0.826. The Balaban J connectivity index is 1.97. The zero-order valence-electron chi connectivity index (χ0n) is 17.6. The number of fused-ring (bicyclic) bond motifs is 1. The van der Waals surface area contributed by atoms with Crippen molar-refractivity contribution in [2.24, 2.45) is 4.99 Å². The van der Waals surface area contributed by atoms with Crippen LogP contribution in [0.3, 0.4) is 0 Å². The van der Waals surface area contributed by atoms with E-state index in [2.05, 4.69) is 32.5 Å². The van der Waals surface area contributed by atoms with Crippen LogP contribution in [0.1, 0.15) is 24.1 Å². The minimum atomic E-state index is -1.21. The van der Waals surface area contributed by atoms with Gasteiger partial charge < -0.3 is 0 Å². The summed E-state index contributed by atoms with van der Waals surface area (Å²) in [4.78, 5) is 4.49. The van der Waals surface area contributed by atoms with Crippen molar-refractivity contribution < 1.29 is 19.3 Å². The van der Waals surface area contributed by atoms with Gasteiger partial charge >= 0.3 is 191 Å². The number of aliphatic imine (C=N–C) groups is 1. The van der Waals surface area contributed by atoms with Crippen LogP contribution in [0.15, 0.2) is 53.5 Å². The van der Waals surface area contributed by atoms with E-state index < -0.39 is 24.0 Å². The summed E-state index contributed by atoms with van der Waals surface area (Å²) < 4.78 is 17.9. The number of hydrogen-bond acceptors (Lipinski definition) is 6. The van der Waals surface area contributed by atoms with Gasteiger partial charge in [-0.05, 0) is 0 Å². The normalized spacial score (nSPS) is 22.9. The number of methoxy groups -OCH3 is 2. The van der Waals surface area contributed by atoms with Crippen molar-refractivity contribution in [3.8, 4) is 11.9 Å². The van der Waals surface area contributed by atoms with Crippen LogP contribution in [0.5, 0.6) is 5.75 Å². The fourth-order valence-corrected chi connectivity index (χ4v) is 4.10. The predicted octanol–water partition coefficient (Wildman–Crippen LogP) is 0.869. The number of aliphatic hydroxyl groups is 1. The third-order valence-corrected chi connectivity index (χ3v) is 5.77. The maximum absolute atomic E-state index is 11.3. The van der Waals surface area contributed by atoms with Gasteiger partial charge in [-0.15, -0.1) is 0 Å². The van der Waals surface area contributed by atoms with E-state index in [1.165, 1.54) is 14.2 Å². The number of rotatable bonds is 6. The molecule has 3 N–H and O–H groups in total. The topological polar surface area (TPSA) is 108 Å². The van der Waals surface area contributed by atoms with Crippen LogP contribution in [0.4, 0.5) is 0 Å². The standard InChI is InChI=1S/C22H25AsN4O4/c1-22(20(29-2)30-3)19(28)18(16-11-15(23)9-10-17(16)31-22)27-21(26-13-24)25-12-14-7-5-4-6-8-14/h4-11,18-20,28H,12H2,1-3H3,(H2,25,26,27)/t18-,19+,22+/m1/s1. The van der Waals surface area contributed by atoms with Gasteiger partial charge in [0.25, 0.3) is 0 Å². The van der Waals surface area contributed by atoms with Crippen molar-refractivity contribution in [3.63, 3.8) is 0 Å². The number of nitriles is 1. The van der Waals surface area contributed by atoms with Crippen LogP contribution < -0.4 is 19.7 Å². The van der Waals surface area contributed by atoms with Crippen molar-refractivity contribution in [2.45, 2.75) is 37.5 Å². The molecule has 0 fully saturated rings. The van der Waals surface area contributed by atoms with Crippen LogP contribution in [-0.4, -0.2) is 60.1 Å². The molecule has 1 aliphatic heterocycles. The molecule has 2 aromatic rings. The first-order chi connectivity index (χ1) is 14.9. The Morgan fingerprint density at radius 3 is 2.65 bits per heavy atom. The molecule has 1 aliphatic rings. The number of aliphatic hydroxyl groups excluding tert-OH is 1. The van der Waals surface area contributed by atoms with Gasteiger partial charge in [0, 0.05) is 0 Å². The zero-order chi connectivity index (χ0) is 22.4. The molecule has 1 heterocycles. The first-order valence-corrected chi connectivity index (χ1v) is 10.6. The Morgan fingerprint density at radius 1 is 1.29 bits per heavy atom. The molecule has 2 aromatic carbocycles. The Kier molecular flexibility index (Phi) is 7.58. The summed E-state index contributed by atoms with van der Waals surface area (Å²) in [5, 5.41) is 26.3. The number of guanidine groups is 1. The fourth-order valence-electron chi connectivity index (χ4n) is 3.65. The van der Waals surface area contributed by atoms with E-state index >= 15 is 0 Å². The monoisotopic (exact) mass is 484 g/mol. The zero-order valence-corrected chi connectivity index (χ0v) is 19.4. The summed E-state index contributed by atoms with van der Waals surface area (Å²) in [6.07, 6.45) is -0.00889. The van der Waals surface area contributed by atoms with E-state index in [0.717, 1.165) is 15.5 Å². The van der Waals surface area contributed by atoms with Gasteiger partial charge in [0.2, 0.25) is 0 Å². The molecule has 0 aliphatic carbocycles. The third-order valence-electron chi connectivity index (χ3n) is 5.19. The van der Waals surface area contributed by atoms with Crippen molar-refractivity contribution in [1.29, 1.82) is 5.26 Å². The van der Waals surface area contributed by atoms with Crippen molar-refractivity contribution in [2.75, 3.05) is 14.2 Å². The van der Waals surface area contributed by atoms with Crippen molar-refractivity contribution in [3.05, 3.63) is 59.7 Å².